The number of amides is 1. The van der Waals surface area contributed by atoms with Gasteiger partial charge in [-0.3, -0.25) is 9.59 Å². The number of nitrogens with one attached hydrogen (secondary N) is 2. The van der Waals surface area contributed by atoms with Crippen LogP contribution in [0.2, 0.25) is 0 Å². The van der Waals surface area contributed by atoms with Gasteiger partial charge in [0.2, 0.25) is 5.78 Å². The normalized spacial score (nSPS) is 13.8. The number of rotatable bonds is 9. The molecule has 1 aromatic heterocycles. The summed E-state index contributed by atoms with van der Waals surface area (Å²) in [5, 5.41) is 3.75. The molecule has 0 fully saturated rings. The van der Waals surface area contributed by atoms with E-state index in [4.69, 9.17) is 9.47 Å². The fourth-order valence-corrected chi connectivity index (χ4v) is 4.36. The minimum Gasteiger partial charge on any atom is -0.466 e. The summed E-state index contributed by atoms with van der Waals surface area (Å²) in [6, 6.07) is 16.5. The standard InChI is InChI=1S/C28H31N3O5/c1-3-35-26(32)14-16-31-15-13-22-21-11-7-8-12-23(21)30-24(22)17-25(31)27(33)19(2)29-28(34)36-18-20-9-5-4-6-10-20/h4-12,17,19,30H,3,13-16,18H2,1-2H3,(H,29,34). The van der Waals surface area contributed by atoms with Crippen molar-refractivity contribution in [1.82, 2.24) is 15.2 Å². The number of carbonyl (C=O) groups is 3. The predicted octanol–water partition coefficient (Wildman–Crippen LogP) is 4.20. The number of hydrogen-bond donors (Lipinski definition) is 2. The van der Waals surface area contributed by atoms with Crippen molar-refractivity contribution in [2.45, 2.75) is 39.3 Å². The van der Waals surface area contributed by atoms with Crippen LogP contribution in [0.15, 0.2) is 60.3 Å². The maximum Gasteiger partial charge on any atom is 0.408 e. The van der Waals surface area contributed by atoms with Gasteiger partial charge in [-0.2, -0.15) is 0 Å². The van der Waals surface area contributed by atoms with Gasteiger partial charge < -0.3 is 24.7 Å². The number of nitrogens with zero attached hydrogens (tertiary/aromatic N) is 1. The van der Waals surface area contributed by atoms with Crippen molar-refractivity contribution >= 4 is 34.8 Å². The maximum absolute atomic E-state index is 13.6. The van der Waals surface area contributed by atoms with Crippen molar-refractivity contribution in [3.05, 3.63) is 77.1 Å². The smallest absolute Gasteiger partial charge is 0.408 e. The van der Waals surface area contributed by atoms with Crippen molar-refractivity contribution in [3.8, 4) is 0 Å². The summed E-state index contributed by atoms with van der Waals surface area (Å²) in [6.07, 6.45) is 2.02. The first kappa shape index (κ1) is 25.0. The van der Waals surface area contributed by atoms with E-state index in [-0.39, 0.29) is 24.8 Å². The lowest BCUT2D eigenvalue weighted by atomic mass is 10.1. The zero-order chi connectivity index (χ0) is 25.5. The Morgan fingerprint density at radius 1 is 1.06 bits per heavy atom. The van der Waals surface area contributed by atoms with Gasteiger partial charge in [-0.05, 0) is 43.5 Å². The summed E-state index contributed by atoms with van der Waals surface area (Å²) in [7, 11) is 0. The number of para-hydroxylation sites is 1. The number of ether oxygens (including phenoxy) is 2. The number of aromatic nitrogens is 1. The highest BCUT2D eigenvalue weighted by Gasteiger charge is 2.28. The Bertz CT molecular complexity index is 1260. The first-order chi connectivity index (χ1) is 17.5. The van der Waals surface area contributed by atoms with E-state index >= 15 is 0 Å². The highest BCUT2D eigenvalue weighted by atomic mass is 16.5. The Labute approximate surface area is 210 Å². The van der Waals surface area contributed by atoms with Gasteiger partial charge in [0.1, 0.15) is 6.61 Å². The summed E-state index contributed by atoms with van der Waals surface area (Å²) in [6.45, 7) is 4.71. The van der Waals surface area contributed by atoms with E-state index in [1.54, 1.807) is 13.8 Å². The molecule has 0 aliphatic carbocycles. The molecule has 1 amide bonds. The number of benzene rings is 2. The molecule has 3 aromatic rings. The Hall–Kier alpha value is -4.07. The monoisotopic (exact) mass is 489 g/mol. The Balaban J connectivity index is 1.52. The van der Waals surface area contributed by atoms with Crippen LogP contribution in [0.25, 0.3) is 17.0 Å². The molecule has 1 aliphatic rings. The summed E-state index contributed by atoms with van der Waals surface area (Å²) in [5.41, 5.74) is 4.27. The zero-order valence-electron chi connectivity index (χ0n) is 20.6. The van der Waals surface area contributed by atoms with Crippen LogP contribution in [0.5, 0.6) is 0 Å². The third kappa shape index (κ3) is 5.94. The number of aromatic amines is 1. The molecule has 1 unspecified atom stereocenters. The van der Waals surface area contributed by atoms with Crippen LogP contribution in [0.3, 0.4) is 0 Å². The topological polar surface area (TPSA) is 101 Å². The van der Waals surface area contributed by atoms with Gasteiger partial charge in [-0.15, -0.1) is 0 Å². The first-order valence-electron chi connectivity index (χ1n) is 12.2. The summed E-state index contributed by atoms with van der Waals surface area (Å²) in [5.74, 6) is -0.574. The molecule has 2 heterocycles. The largest absolute Gasteiger partial charge is 0.466 e. The van der Waals surface area contributed by atoms with E-state index in [1.165, 1.54) is 0 Å². The third-order valence-electron chi connectivity index (χ3n) is 6.18. The number of Topliss-reactive ketones (excluding diaryl/α,β-unsaturated/α-hetero) is 1. The van der Waals surface area contributed by atoms with Crippen LogP contribution in [0, 0.1) is 0 Å². The molecule has 2 aromatic carbocycles. The molecule has 8 nitrogen and oxygen atoms in total. The van der Waals surface area contributed by atoms with E-state index < -0.39 is 12.1 Å². The molecule has 0 saturated heterocycles. The van der Waals surface area contributed by atoms with Gasteiger partial charge in [0, 0.05) is 29.7 Å². The molecular formula is C28H31N3O5. The van der Waals surface area contributed by atoms with E-state index in [0.29, 0.717) is 31.8 Å². The van der Waals surface area contributed by atoms with Gasteiger partial charge in [0.25, 0.3) is 0 Å². The number of H-pyrrole nitrogens is 1. The molecule has 1 aliphatic heterocycles. The van der Waals surface area contributed by atoms with Crippen molar-refractivity contribution in [2.75, 3.05) is 19.7 Å². The highest BCUT2D eigenvalue weighted by Crippen LogP contribution is 2.29. The van der Waals surface area contributed by atoms with Crippen LogP contribution in [0.1, 0.15) is 37.1 Å². The second-order valence-corrected chi connectivity index (χ2v) is 8.68. The third-order valence-corrected chi connectivity index (χ3v) is 6.18. The molecule has 188 valence electrons. The molecular weight excluding hydrogens is 458 g/mol. The summed E-state index contributed by atoms with van der Waals surface area (Å²) in [4.78, 5) is 43.3. The number of ketones is 1. The molecule has 0 spiro atoms. The lowest BCUT2D eigenvalue weighted by Gasteiger charge is -2.27. The number of esters is 1. The van der Waals surface area contributed by atoms with Gasteiger partial charge in [-0.1, -0.05) is 48.5 Å². The van der Waals surface area contributed by atoms with Crippen LogP contribution in [-0.2, 0) is 32.1 Å². The molecule has 1 atom stereocenters. The van der Waals surface area contributed by atoms with Crippen molar-refractivity contribution in [3.63, 3.8) is 0 Å². The Kier molecular flexibility index (Phi) is 8.05. The zero-order valence-corrected chi connectivity index (χ0v) is 20.6. The van der Waals surface area contributed by atoms with E-state index in [1.807, 2.05) is 59.5 Å². The lowest BCUT2D eigenvalue weighted by molar-refractivity contribution is -0.143. The van der Waals surface area contributed by atoms with Crippen LogP contribution in [-0.4, -0.2) is 53.5 Å². The molecule has 8 heteroatoms. The van der Waals surface area contributed by atoms with E-state index in [9.17, 15) is 14.4 Å². The Morgan fingerprint density at radius 3 is 2.58 bits per heavy atom. The van der Waals surface area contributed by atoms with Gasteiger partial charge in [0.05, 0.1) is 24.8 Å². The first-order valence-corrected chi connectivity index (χ1v) is 12.2. The molecule has 0 radical (unpaired) electrons. The van der Waals surface area contributed by atoms with Gasteiger partial charge in [0.15, 0.2) is 0 Å². The lowest BCUT2D eigenvalue weighted by Crippen LogP contribution is -2.43. The van der Waals surface area contributed by atoms with Crippen LogP contribution < -0.4 is 5.32 Å². The van der Waals surface area contributed by atoms with Crippen LogP contribution in [0.4, 0.5) is 4.79 Å². The van der Waals surface area contributed by atoms with Crippen LogP contribution >= 0.6 is 0 Å². The molecule has 0 saturated carbocycles. The quantitative estimate of drug-likeness (QED) is 0.437. The molecule has 4 rings (SSSR count). The molecule has 36 heavy (non-hydrogen) atoms. The average Bonchev–Trinajstić information content (AvgIpc) is 3.13. The van der Waals surface area contributed by atoms with Crippen molar-refractivity contribution < 1.29 is 23.9 Å². The summed E-state index contributed by atoms with van der Waals surface area (Å²) < 4.78 is 10.4. The maximum atomic E-state index is 13.6. The fourth-order valence-electron chi connectivity index (χ4n) is 4.36. The van der Waals surface area contributed by atoms with Gasteiger partial charge >= 0.3 is 12.1 Å². The van der Waals surface area contributed by atoms with Gasteiger partial charge in [-0.25, -0.2) is 4.79 Å². The Morgan fingerprint density at radius 2 is 1.81 bits per heavy atom. The second-order valence-electron chi connectivity index (χ2n) is 8.68. The summed E-state index contributed by atoms with van der Waals surface area (Å²) >= 11 is 0. The van der Waals surface area contributed by atoms with Crippen molar-refractivity contribution in [2.24, 2.45) is 0 Å². The predicted molar refractivity (Wildman–Crippen MR) is 137 cm³/mol. The average molecular weight is 490 g/mol. The van der Waals surface area contributed by atoms with E-state index in [2.05, 4.69) is 16.4 Å². The number of carbonyl (C=O) groups excluding carboxylic acids is 3. The minimum absolute atomic E-state index is 0.111. The number of fused-ring (bicyclic) bond motifs is 3. The highest BCUT2D eigenvalue weighted by molar-refractivity contribution is 6.04. The number of hydrogen-bond acceptors (Lipinski definition) is 6. The van der Waals surface area contributed by atoms with E-state index in [0.717, 1.165) is 27.7 Å². The van der Waals surface area contributed by atoms with Crippen molar-refractivity contribution in [1.29, 1.82) is 0 Å². The minimum atomic E-state index is -0.824. The molecule has 0 bridgehead atoms. The molecule has 2 N–H and O–H groups in total. The second kappa shape index (κ2) is 11.6. The number of alkyl carbamates (subject to hydrolysis) is 1. The fraction of sp³-hybridized carbons (Fsp3) is 0.321. The SMILES string of the molecule is CCOC(=O)CCN1CCc2c([nH]c3ccccc23)C=C1C(=O)C(C)NC(=O)OCc1ccccc1.